The molecule has 13 heteroatoms. The summed E-state index contributed by atoms with van der Waals surface area (Å²) in [4.78, 5) is 70.0. The molecule has 46 heavy (non-hydrogen) atoms. The van der Waals surface area contributed by atoms with Gasteiger partial charge in [-0.25, -0.2) is 19.2 Å². The number of hydrogen-bond donors (Lipinski definition) is 0. The molecule has 1 spiro atoms. The Morgan fingerprint density at radius 2 is 1.20 bits per heavy atom. The number of ether oxygens (including phenoxy) is 4. The Kier molecular flexibility index (Phi) is 8.97. The molecule has 0 radical (unpaired) electrons. The molecule has 0 fully saturated rings. The topological polar surface area (TPSA) is 126 Å². The van der Waals surface area contributed by atoms with Crippen LogP contribution in [0.15, 0.2) is 67.7 Å². The summed E-state index contributed by atoms with van der Waals surface area (Å²) in [5, 5.41) is 0. The lowest BCUT2D eigenvalue weighted by Gasteiger charge is -2.51. The minimum Gasteiger partial charge on any atom is -0.466 e. The Balaban J connectivity index is 1.92. The highest BCUT2D eigenvalue weighted by molar-refractivity contribution is 8.26. The number of aryl methyl sites for hydroxylation is 2. The Labute approximate surface area is 278 Å². The lowest BCUT2D eigenvalue weighted by atomic mass is 9.82. The molecule has 0 bridgehead atoms. The molecule has 2 aromatic rings. The van der Waals surface area contributed by atoms with Crippen molar-refractivity contribution in [3.63, 3.8) is 0 Å². The van der Waals surface area contributed by atoms with Crippen molar-refractivity contribution in [2.45, 2.75) is 37.3 Å². The van der Waals surface area contributed by atoms with Gasteiger partial charge in [-0.05, 0) is 63.1 Å². The predicted octanol–water partition coefficient (Wildman–Crippen LogP) is 5.53. The monoisotopic (exact) mass is 681 g/mol. The van der Waals surface area contributed by atoms with Crippen LogP contribution in [-0.2, 0) is 38.1 Å². The average Bonchev–Trinajstić information content (AvgIpc) is 3.44. The van der Waals surface area contributed by atoms with E-state index in [1.54, 1.807) is 29.2 Å². The van der Waals surface area contributed by atoms with Crippen LogP contribution in [0.1, 0.15) is 40.9 Å². The fourth-order valence-electron chi connectivity index (χ4n) is 5.65. The predicted molar refractivity (Wildman–Crippen MR) is 178 cm³/mol. The van der Waals surface area contributed by atoms with Crippen molar-refractivity contribution in [2.75, 3.05) is 33.3 Å². The van der Waals surface area contributed by atoms with Gasteiger partial charge in [0.05, 0.1) is 45.2 Å². The van der Waals surface area contributed by atoms with Gasteiger partial charge < -0.3 is 18.9 Å². The van der Waals surface area contributed by atoms with Gasteiger partial charge in [0.25, 0.3) is 5.91 Å². The van der Waals surface area contributed by atoms with Crippen LogP contribution < -0.4 is 4.90 Å². The summed E-state index contributed by atoms with van der Waals surface area (Å²) >= 11 is 2.79. The first kappa shape index (κ1) is 33.4. The molecule has 0 saturated carbocycles. The van der Waals surface area contributed by atoms with Gasteiger partial charge in [0, 0.05) is 21.6 Å². The number of esters is 4. The molecule has 2 aromatic carbocycles. The highest BCUT2D eigenvalue weighted by atomic mass is 32.2. The minimum absolute atomic E-state index is 0.101. The number of methoxy groups -OCH3 is 4. The fourth-order valence-corrected chi connectivity index (χ4v) is 10.7. The zero-order chi connectivity index (χ0) is 33.7. The van der Waals surface area contributed by atoms with Gasteiger partial charge in [-0.1, -0.05) is 53.5 Å². The third-order valence-corrected chi connectivity index (χ3v) is 12.6. The van der Waals surface area contributed by atoms with Gasteiger partial charge in [-0.3, -0.25) is 9.69 Å². The zero-order valence-corrected chi connectivity index (χ0v) is 28.8. The molecule has 10 nitrogen and oxygen atoms in total. The largest absolute Gasteiger partial charge is 0.466 e. The van der Waals surface area contributed by atoms with E-state index in [0.717, 1.165) is 46.4 Å². The number of rotatable bonds is 5. The highest BCUT2D eigenvalue weighted by Gasteiger charge is 2.61. The summed E-state index contributed by atoms with van der Waals surface area (Å²) in [5.74, 6) is -3.62. The van der Waals surface area contributed by atoms with Crippen molar-refractivity contribution in [2.24, 2.45) is 0 Å². The smallest absolute Gasteiger partial charge is 0.345 e. The van der Waals surface area contributed by atoms with E-state index >= 15 is 0 Å². The maximum Gasteiger partial charge on any atom is 0.345 e. The van der Waals surface area contributed by atoms with E-state index in [1.165, 1.54) is 28.4 Å². The van der Waals surface area contributed by atoms with Crippen molar-refractivity contribution in [3.8, 4) is 0 Å². The first-order valence-corrected chi connectivity index (χ1v) is 16.4. The van der Waals surface area contributed by atoms with Crippen LogP contribution in [0.2, 0.25) is 0 Å². The summed E-state index contributed by atoms with van der Waals surface area (Å²) in [5.41, 5.74) is 2.67. The maximum atomic E-state index is 14.4. The lowest BCUT2D eigenvalue weighted by molar-refractivity contribution is -0.138. The maximum absolute atomic E-state index is 14.4. The van der Waals surface area contributed by atoms with Crippen molar-refractivity contribution in [1.29, 1.82) is 0 Å². The molecule has 0 unspecified atom stereocenters. The van der Waals surface area contributed by atoms with E-state index in [1.807, 2.05) is 45.9 Å². The normalized spacial score (nSPS) is 17.8. The van der Waals surface area contributed by atoms with Gasteiger partial charge in [0.2, 0.25) is 0 Å². The molecule has 1 amide bonds. The van der Waals surface area contributed by atoms with E-state index in [4.69, 9.17) is 18.9 Å². The van der Waals surface area contributed by atoms with Gasteiger partial charge in [0.15, 0.2) is 0 Å². The van der Waals surface area contributed by atoms with Crippen LogP contribution in [0.3, 0.4) is 0 Å². The lowest BCUT2D eigenvalue weighted by Crippen LogP contribution is -2.54. The molecule has 240 valence electrons. The van der Waals surface area contributed by atoms with E-state index in [0.29, 0.717) is 27.3 Å². The summed E-state index contributed by atoms with van der Waals surface area (Å²) in [6.45, 7) is 7.55. The van der Waals surface area contributed by atoms with E-state index in [-0.39, 0.29) is 26.2 Å². The number of fused-ring (bicyclic) bond motifs is 3. The molecule has 0 saturated heterocycles. The van der Waals surface area contributed by atoms with Crippen molar-refractivity contribution < 1.29 is 42.9 Å². The Hall–Kier alpha value is -3.94. The fraction of sp³-hybridized carbons (Fsp3) is 0.303. The second kappa shape index (κ2) is 12.3. The molecule has 0 atom stereocenters. The second-order valence-corrected chi connectivity index (χ2v) is 14.7. The minimum atomic E-state index is -1.64. The van der Waals surface area contributed by atoms with Crippen LogP contribution in [0, 0.1) is 13.8 Å². The Morgan fingerprint density at radius 3 is 1.72 bits per heavy atom. The second-order valence-electron chi connectivity index (χ2n) is 11.0. The molecule has 5 rings (SSSR count). The number of nitrogens with zero attached hydrogens (tertiary/aromatic N) is 1. The summed E-state index contributed by atoms with van der Waals surface area (Å²) in [7, 11) is 4.72. The van der Waals surface area contributed by atoms with Crippen molar-refractivity contribution in [1.82, 2.24) is 0 Å². The summed E-state index contributed by atoms with van der Waals surface area (Å²) in [6.07, 6.45) is 0. The number of thioether (sulfide) groups is 3. The molecule has 3 aliphatic heterocycles. The zero-order valence-electron chi connectivity index (χ0n) is 26.4. The molecular formula is C33H31NO9S3. The van der Waals surface area contributed by atoms with Crippen molar-refractivity contribution in [3.05, 3.63) is 89.9 Å². The van der Waals surface area contributed by atoms with Gasteiger partial charge in [-0.15, -0.1) is 0 Å². The quantitative estimate of drug-likeness (QED) is 0.291. The van der Waals surface area contributed by atoms with Crippen LogP contribution in [0.4, 0.5) is 5.69 Å². The number of hydrogen-bond acceptors (Lipinski definition) is 12. The van der Waals surface area contributed by atoms with Crippen LogP contribution in [0.5, 0.6) is 0 Å². The molecule has 0 N–H and O–H groups in total. The van der Waals surface area contributed by atoms with E-state index < -0.39 is 33.5 Å². The average molecular weight is 682 g/mol. The number of benzene rings is 2. The van der Waals surface area contributed by atoms with Crippen LogP contribution >= 0.6 is 35.3 Å². The van der Waals surface area contributed by atoms with Gasteiger partial charge in [0.1, 0.15) is 18.8 Å². The molecule has 3 heterocycles. The van der Waals surface area contributed by atoms with Crippen LogP contribution in [-0.4, -0.2) is 67.8 Å². The number of carbonyl (C=O) groups is 5. The van der Waals surface area contributed by atoms with Gasteiger partial charge in [-0.2, -0.15) is 0 Å². The van der Waals surface area contributed by atoms with Gasteiger partial charge >= 0.3 is 23.9 Å². The van der Waals surface area contributed by atoms with Crippen LogP contribution in [0.25, 0.3) is 5.57 Å². The Bertz CT molecular complexity index is 1780. The number of amides is 1. The summed E-state index contributed by atoms with van der Waals surface area (Å²) in [6, 6.07) is 12.7. The standard InChI is InChI=1S/C33H31NO9S3/c1-16-14-19-20(15-17(16)2)34(27(35)18-12-10-9-11-13-18)32(3,4)26-21(19)33(22(28(36)40-5)23(44-26)29(37)41-6)45-24(30(38)42-7)25(46-33)31(39)43-8/h9-15H,1-8H3. The molecule has 0 aliphatic carbocycles. The molecular weight excluding hydrogens is 651 g/mol. The third-order valence-electron chi connectivity index (χ3n) is 7.98. The first-order chi connectivity index (χ1) is 21.8. The number of anilines is 1. The third kappa shape index (κ3) is 5.05. The highest BCUT2D eigenvalue weighted by Crippen LogP contribution is 2.71. The Morgan fingerprint density at radius 1 is 0.696 bits per heavy atom. The van der Waals surface area contributed by atoms with E-state index in [9.17, 15) is 24.0 Å². The molecule has 3 aliphatic rings. The summed E-state index contributed by atoms with van der Waals surface area (Å²) < 4.78 is 18.9. The van der Waals surface area contributed by atoms with Crippen molar-refractivity contribution >= 4 is 76.3 Å². The van der Waals surface area contributed by atoms with E-state index in [2.05, 4.69) is 0 Å². The first-order valence-electron chi connectivity index (χ1n) is 13.9. The SMILES string of the molecule is COC(=O)C1=C(C(=O)OC)SC2(S1)C(C(=O)OC)=C(C(=O)OC)SC1=C2c2cc(C)c(C)cc2N(C(=O)c2ccccc2)C1(C)C. The number of carbonyl (C=O) groups excluding carboxylic acids is 5. The molecule has 0 aromatic heterocycles.